The summed E-state index contributed by atoms with van der Waals surface area (Å²) in [5, 5.41) is 12.3. The second-order valence-electron chi connectivity index (χ2n) is 4.65. The smallest absolute Gasteiger partial charge is 0.345 e. The molecule has 2 rings (SSSR count). The van der Waals surface area contributed by atoms with Crippen LogP contribution in [0.15, 0.2) is 12.1 Å². The van der Waals surface area contributed by atoms with Crippen molar-refractivity contribution >= 4 is 28.2 Å². The average molecular weight is 267 g/mol. The van der Waals surface area contributed by atoms with Gasteiger partial charge in [0.15, 0.2) is 0 Å². The molecule has 0 spiro atoms. The van der Waals surface area contributed by atoms with Crippen molar-refractivity contribution in [2.45, 2.75) is 38.5 Å². The molecule has 4 nitrogen and oxygen atoms in total. The molecule has 0 bridgehead atoms. The van der Waals surface area contributed by atoms with Gasteiger partial charge in [0.2, 0.25) is 5.91 Å². The van der Waals surface area contributed by atoms with Crippen molar-refractivity contribution in [3.63, 3.8) is 0 Å². The predicted molar refractivity (Wildman–Crippen MR) is 71.1 cm³/mol. The second-order valence-corrected chi connectivity index (χ2v) is 5.73. The highest BCUT2D eigenvalue weighted by molar-refractivity contribution is 7.18. The van der Waals surface area contributed by atoms with Crippen molar-refractivity contribution in [3.8, 4) is 0 Å². The van der Waals surface area contributed by atoms with Gasteiger partial charge in [0.05, 0.1) is 5.00 Å². The monoisotopic (exact) mass is 267 g/mol. The molecule has 0 unspecified atom stereocenters. The van der Waals surface area contributed by atoms with E-state index in [0.717, 1.165) is 37.0 Å². The molecule has 1 aliphatic rings. The summed E-state index contributed by atoms with van der Waals surface area (Å²) in [5.74, 6) is -0.825. The van der Waals surface area contributed by atoms with Crippen molar-refractivity contribution in [3.05, 3.63) is 17.0 Å². The van der Waals surface area contributed by atoms with Gasteiger partial charge in [-0.05, 0) is 25.0 Å². The lowest BCUT2D eigenvalue weighted by Gasteiger charge is -2.12. The van der Waals surface area contributed by atoms with Crippen LogP contribution in [0.25, 0.3) is 0 Å². The molecule has 98 valence electrons. The zero-order chi connectivity index (χ0) is 13.0. The van der Waals surface area contributed by atoms with E-state index in [-0.39, 0.29) is 16.7 Å². The topological polar surface area (TPSA) is 66.4 Å². The van der Waals surface area contributed by atoms with Gasteiger partial charge in [0.25, 0.3) is 0 Å². The van der Waals surface area contributed by atoms with Gasteiger partial charge in [-0.1, -0.05) is 25.7 Å². The number of carbonyl (C=O) groups excluding carboxylic acids is 1. The van der Waals surface area contributed by atoms with Gasteiger partial charge in [0.1, 0.15) is 4.88 Å². The van der Waals surface area contributed by atoms with Gasteiger partial charge in [-0.15, -0.1) is 11.3 Å². The zero-order valence-corrected chi connectivity index (χ0v) is 11.0. The summed E-state index contributed by atoms with van der Waals surface area (Å²) in [7, 11) is 0. The Morgan fingerprint density at radius 2 is 1.83 bits per heavy atom. The number of carboxylic acids is 1. The maximum atomic E-state index is 12.0. The first kappa shape index (κ1) is 13.1. The van der Waals surface area contributed by atoms with E-state index in [1.54, 1.807) is 6.07 Å². The summed E-state index contributed by atoms with van der Waals surface area (Å²) in [5.41, 5.74) is 0. The van der Waals surface area contributed by atoms with Crippen LogP contribution in [0, 0.1) is 5.92 Å². The fourth-order valence-electron chi connectivity index (χ4n) is 2.29. The normalized spacial score (nSPS) is 17.1. The molecule has 0 saturated heterocycles. The lowest BCUT2D eigenvalue weighted by Crippen LogP contribution is -2.21. The Kier molecular flexibility index (Phi) is 4.36. The van der Waals surface area contributed by atoms with Crippen LogP contribution in [-0.4, -0.2) is 17.0 Å². The number of anilines is 1. The molecule has 1 heterocycles. The van der Waals surface area contributed by atoms with E-state index in [1.807, 2.05) is 0 Å². The number of amides is 1. The molecule has 0 aromatic carbocycles. The summed E-state index contributed by atoms with van der Waals surface area (Å²) in [6.45, 7) is 0. The van der Waals surface area contributed by atoms with Crippen LogP contribution < -0.4 is 5.32 Å². The average Bonchev–Trinajstić information content (AvgIpc) is 2.64. The Hall–Kier alpha value is -1.36. The van der Waals surface area contributed by atoms with Crippen LogP contribution in [0.1, 0.15) is 48.2 Å². The number of carbonyl (C=O) groups is 2. The van der Waals surface area contributed by atoms with E-state index in [4.69, 9.17) is 5.11 Å². The summed E-state index contributed by atoms with van der Waals surface area (Å²) < 4.78 is 0. The van der Waals surface area contributed by atoms with E-state index in [2.05, 4.69) is 5.32 Å². The molecular weight excluding hydrogens is 250 g/mol. The van der Waals surface area contributed by atoms with Gasteiger partial charge in [0, 0.05) is 5.92 Å². The molecule has 1 aliphatic carbocycles. The van der Waals surface area contributed by atoms with Crippen LogP contribution in [0.4, 0.5) is 5.00 Å². The summed E-state index contributed by atoms with van der Waals surface area (Å²) >= 11 is 1.11. The van der Waals surface area contributed by atoms with Crippen LogP contribution >= 0.6 is 11.3 Å². The molecule has 5 heteroatoms. The molecule has 0 atom stereocenters. The number of rotatable bonds is 3. The van der Waals surface area contributed by atoms with Crippen LogP contribution in [0.2, 0.25) is 0 Å². The number of aromatic carboxylic acids is 1. The molecule has 18 heavy (non-hydrogen) atoms. The minimum Gasteiger partial charge on any atom is -0.477 e. The standard InChI is InChI=1S/C13H17NO3S/c15-12(9-5-3-1-2-4-6-9)14-11-8-7-10(18-11)13(16)17/h7-9H,1-6H2,(H,14,15)(H,16,17). The van der Waals surface area contributed by atoms with Crippen molar-refractivity contribution in [2.75, 3.05) is 5.32 Å². The molecule has 1 aromatic rings. The van der Waals surface area contributed by atoms with Gasteiger partial charge in [-0.3, -0.25) is 4.79 Å². The molecule has 1 aromatic heterocycles. The molecule has 1 fully saturated rings. The lowest BCUT2D eigenvalue weighted by atomic mass is 10.00. The Morgan fingerprint density at radius 3 is 2.39 bits per heavy atom. The zero-order valence-electron chi connectivity index (χ0n) is 10.1. The highest BCUT2D eigenvalue weighted by Gasteiger charge is 2.20. The second kappa shape index (κ2) is 6.00. The third-order valence-electron chi connectivity index (χ3n) is 3.29. The van der Waals surface area contributed by atoms with Crippen molar-refractivity contribution in [2.24, 2.45) is 5.92 Å². The van der Waals surface area contributed by atoms with Gasteiger partial charge < -0.3 is 10.4 Å². The number of hydrogen-bond acceptors (Lipinski definition) is 3. The third-order valence-corrected chi connectivity index (χ3v) is 4.28. The summed E-state index contributed by atoms with van der Waals surface area (Å²) in [6.07, 6.45) is 6.55. The van der Waals surface area contributed by atoms with Gasteiger partial charge >= 0.3 is 5.97 Å². The van der Waals surface area contributed by atoms with Gasteiger partial charge in [-0.2, -0.15) is 0 Å². The molecular formula is C13H17NO3S. The Balaban J connectivity index is 1.94. The minimum atomic E-state index is -0.949. The van der Waals surface area contributed by atoms with E-state index in [9.17, 15) is 9.59 Å². The van der Waals surface area contributed by atoms with Crippen LogP contribution in [0.5, 0.6) is 0 Å². The lowest BCUT2D eigenvalue weighted by molar-refractivity contribution is -0.120. The molecule has 0 aliphatic heterocycles. The van der Waals surface area contributed by atoms with E-state index in [1.165, 1.54) is 18.9 Å². The number of nitrogens with one attached hydrogen (secondary N) is 1. The van der Waals surface area contributed by atoms with Crippen molar-refractivity contribution in [1.82, 2.24) is 0 Å². The fraction of sp³-hybridized carbons (Fsp3) is 0.538. The minimum absolute atomic E-state index is 0.0377. The predicted octanol–water partition coefficient (Wildman–Crippen LogP) is 3.36. The summed E-state index contributed by atoms with van der Waals surface area (Å²) in [4.78, 5) is 23.0. The van der Waals surface area contributed by atoms with Gasteiger partial charge in [-0.25, -0.2) is 4.79 Å². The Bertz CT molecular complexity index is 433. The molecule has 0 radical (unpaired) electrons. The van der Waals surface area contributed by atoms with Crippen molar-refractivity contribution < 1.29 is 14.7 Å². The summed E-state index contributed by atoms with van der Waals surface area (Å²) in [6, 6.07) is 3.18. The number of carboxylic acid groups (broad SMARTS) is 1. The first-order chi connectivity index (χ1) is 8.66. The molecule has 2 N–H and O–H groups in total. The first-order valence-corrected chi connectivity index (χ1v) is 7.12. The number of hydrogen-bond donors (Lipinski definition) is 2. The highest BCUT2D eigenvalue weighted by Crippen LogP contribution is 2.26. The maximum absolute atomic E-state index is 12.0. The van der Waals surface area contributed by atoms with Crippen molar-refractivity contribution in [1.29, 1.82) is 0 Å². The highest BCUT2D eigenvalue weighted by atomic mass is 32.1. The first-order valence-electron chi connectivity index (χ1n) is 6.31. The van der Waals surface area contributed by atoms with E-state index >= 15 is 0 Å². The van der Waals surface area contributed by atoms with E-state index < -0.39 is 5.97 Å². The third kappa shape index (κ3) is 3.32. The SMILES string of the molecule is O=C(O)c1ccc(NC(=O)C2CCCCCC2)s1. The quantitative estimate of drug-likeness (QED) is 0.825. The van der Waals surface area contributed by atoms with E-state index in [0.29, 0.717) is 5.00 Å². The van der Waals surface area contributed by atoms with Crippen LogP contribution in [0.3, 0.4) is 0 Å². The Labute approximate surface area is 110 Å². The molecule has 1 amide bonds. The maximum Gasteiger partial charge on any atom is 0.345 e. The fourth-order valence-corrected chi connectivity index (χ4v) is 3.03. The largest absolute Gasteiger partial charge is 0.477 e. The Morgan fingerprint density at radius 1 is 1.17 bits per heavy atom. The van der Waals surface area contributed by atoms with Crippen LogP contribution in [-0.2, 0) is 4.79 Å². The molecule has 1 saturated carbocycles. The number of thiophene rings is 1.